The van der Waals surface area contributed by atoms with E-state index < -0.39 is 0 Å². The minimum atomic E-state index is -0.363. The molecule has 1 aromatic rings. The molecule has 0 radical (unpaired) electrons. The van der Waals surface area contributed by atoms with E-state index in [-0.39, 0.29) is 17.6 Å². The molecule has 16 heavy (non-hydrogen) atoms. The molecule has 1 aliphatic heterocycles. The molecule has 0 bridgehead atoms. The van der Waals surface area contributed by atoms with Gasteiger partial charge in [-0.1, -0.05) is 13.0 Å². The van der Waals surface area contributed by atoms with Gasteiger partial charge < -0.3 is 0 Å². The van der Waals surface area contributed by atoms with Crippen molar-refractivity contribution < 1.29 is 8.78 Å². The Labute approximate surface area is 91.8 Å². The average Bonchev–Trinajstić information content (AvgIpc) is 2.63. The molecule has 0 saturated heterocycles. The van der Waals surface area contributed by atoms with Gasteiger partial charge in [-0.15, -0.1) is 0 Å². The fraction of sp³-hybridized carbons (Fsp3) is 0.154. The summed E-state index contributed by atoms with van der Waals surface area (Å²) in [4.78, 5) is 4.35. The van der Waals surface area contributed by atoms with Gasteiger partial charge >= 0.3 is 0 Å². The lowest BCUT2D eigenvalue weighted by molar-refractivity contribution is 0.627. The molecule has 1 aliphatic carbocycles. The molecule has 3 heteroatoms. The van der Waals surface area contributed by atoms with Crippen molar-refractivity contribution in [3.05, 3.63) is 47.6 Å². The molecule has 1 unspecified atom stereocenters. The Hall–Kier alpha value is -1.77. The van der Waals surface area contributed by atoms with E-state index in [1.165, 1.54) is 18.2 Å². The highest BCUT2D eigenvalue weighted by Crippen LogP contribution is 2.41. The zero-order valence-electron chi connectivity index (χ0n) is 8.67. The van der Waals surface area contributed by atoms with E-state index in [1.54, 1.807) is 12.1 Å². The van der Waals surface area contributed by atoms with E-state index in [4.69, 9.17) is 0 Å². The van der Waals surface area contributed by atoms with Crippen molar-refractivity contribution in [2.24, 2.45) is 10.9 Å². The summed E-state index contributed by atoms with van der Waals surface area (Å²) < 4.78 is 26.8. The lowest BCUT2D eigenvalue weighted by Crippen LogP contribution is -2.12. The Bertz CT molecular complexity index is 567. The van der Waals surface area contributed by atoms with Crippen LogP contribution in [0.2, 0.25) is 0 Å². The number of hydrogen-bond acceptors (Lipinski definition) is 1. The summed E-state index contributed by atoms with van der Waals surface area (Å²) in [6.45, 7) is 1.95. The van der Waals surface area contributed by atoms with Crippen LogP contribution in [-0.4, -0.2) is 5.71 Å². The minimum absolute atomic E-state index is 0.0740. The normalized spacial score (nSPS) is 21.9. The Balaban J connectivity index is 2.28. The largest absolute Gasteiger partial charge is 0.251 e. The lowest BCUT2D eigenvalue weighted by Gasteiger charge is -2.14. The van der Waals surface area contributed by atoms with Crippen LogP contribution in [0.1, 0.15) is 12.5 Å². The van der Waals surface area contributed by atoms with Crippen LogP contribution in [0.3, 0.4) is 0 Å². The molecule has 80 valence electrons. The van der Waals surface area contributed by atoms with Crippen molar-refractivity contribution in [3.63, 3.8) is 0 Å². The van der Waals surface area contributed by atoms with E-state index in [9.17, 15) is 8.78 Å². The number of allylic oxidation sites excluding steroid dienone is 4. The van der Waals surface area contributed by atoms with Crippen LogP contribution in [0.25, 0.3) is 5.57 Å². The second kappa shape index (κ2) is 3.11. The van der Waals surface area contributed by atoms with Crippen LogP contribution in [0.15, 0.2) is 41.2 Å². The van der Waals surface area contributed by atoms with E-state index in [0.29, 0.717) is 22.5 Å². The third kappa shape index (κ3) is 1.18. The van der Waals surface area contributed by atoms with Crippen LogP contribution in [0, 0.1) is 11.7 Å². The number of rotatable bonds is 0. The van der Waals surface area contributed by atoms with Crippen LogP contribution < -0.4 is 0 Å². The van der Waals surface area contributed by atoms with Gasteiger partial charge in [-0.05, 0) is 24.3 Å². The third-order valence-electron chi connectivity index (χ3n) is 2.93. The Morgan fingerprint density at radius 1 is 1.25 bits per heavy atom. The van der Waals surface area contributed by atoms with Gasteiger partial charge in [0.2, 0.25) is 0 Å². The smallest absolute Gasteiger partial charge is 0.132 e. The summed E-state index contributed by atoms with van der Waals surface area (Å²) in [6, 6.07) is 4.27. The number of nitrogens with zero attached hydrogens (tertiary/aromatic N) is 1. The molecule has 0 saturated carbocycles. The van der Waals surface area contributed by atoms with Gasteiger partial charge in [-0.2, -0.15) is 0 Å². The molecule has 1 heterocycles. The summed E-state index contributed by atoms with van der Waals surface area (Å²) in [5.74, 6) is -0.621. The number of aliphatic imine (C=N–C) groups is 1. The Kier molecular flexibility index (Phi) is 1.84. The van der Waals surface area contributed by atoms with E-state index in [0.717, 1.165) is 0 Å². The molecule has 1 aromatic carbocycles. The number of benzene rings is 1. The van der Waals surface area contributed by atoms with Gasteiger partial charge in [0.1, 0.15) is 11.6 Å². The van der Waals surface area contributed by atoms with Crippen molar-refractivity contribution in [1.29, 1.82) is 0 Å². The van der Waals surface area contributed by atoms with Gasteiger partial charge in [0.15, 0.2) is 0 Å². The second-order valence-electron chi connectivity index (χ2n) is 4.03. The first-order valence-electron chi connectivity index (χ1n) is 5.13. The molecule has 3 rings (SSSR count). The SMILES string of the molecule is CC1C=CC(F)=C2C1=Nc1ccc(F)cc12. The quantitative estimate of drug-likeness (QED) is 0.626. The maximum absolute atomic E-state index is 13.7. The van der Waals surface area contributed by atoms with Gasteiger partial charge in [0.25, 0.3) is 0 Å². The summed E-state index contributed by atoms with van der Waals surface area (Å²) in [6.07, 6.45) is 3.19. The molecule has 0 spiro atoms. The van der Waals surface area contributed by atoms with Crippen molar-refractivity contribution in [3.8, 4) is 0 Å². The second-order valence-corrected chi connectivity index (χ2v) is 4.03. The standard InChI is InChI=1S/C13H9F2N/c1-7-2-4-10(15)12-9-6-8(14)3-5-11(9)16-13(7)12/h2-7H,1H3. The zero-order valence-corrected chi connectivity index (χ0v) is 8.67. The van der Waals surface area contributed by atoms with Crippen LogP contribution >= 0.6 is 0 Å². The monoisotopic (exact) mass is 217 g/mol. The van der Waals surface area contributed by atoms with E-state index >= 15 is 0 Å². The van der Waals surface area contributed by atoms with Gasteiger partial charge in [0, 0.05) is 17.1 Å². The molecule has 1 nitrogen and oxygen atoms in total. The highest BCUT2D eigenvalue weighted by Gasteiger charge is 2.29. The number of halogens is 2. The lowest BCUT2D eigenvalue weighted by atomic mass is 9.90. The average molecular weight is 217 g/mol. The first kappa shape index (κ1) is 9.46. The van der Waals surface area contributed by atoms with E-state index in [2.05, 4.69) is 4.99 Å². The Morgan fingerprint density at radius 2 is 2.06 bits per heavy atom. The van der Waals surface area contributed by atoms with Crippen LogP contribution in [0.4, 0.5) is 14.5 Å². The predicted molar refractivity (Wildman–Crippen MR) is 59.8 cm³/mol. The van der Waals surface area contributed by atoms with Crippen LogP contribution in [-0.2, 0) is 0 Å². The fourth-order valence-electron chi connectivity index (χ4n) is 2.11. The van der Waals surface area contributed by atoms with Gasteiger partial charge in [-0.3, -0.25) is 4.99 Å². The highest BCUT2D eigenvalue weighted by molar-refractivity contribution is 6.31. The highest BCUT2D eigenvalue weighted by atomic mass is 19.1. The maximum atomic E-state index is 13.7. The molecular formula is C13H9F2N. The first-order chi connectivity index (χ1) is 7.66. The zero-order chi connectivity index (χ0) is 11.3. The van der Waals surface area contributed by atoms with Crippen molar-refractivity contribution >= 4 is 17.0 Å². The molecule has 0 aromatic heterocycles. The molecule has 0 fully saturated rings. The molecule has 1 atom stereocenters. The summed E-state index contributed by atoms with van der Waals surface area (Å²) in [7, 11) is 0. The summed E-state index contributed by atoms with van der Waals surface area (Å²) in [5.41, 5.74) is 2.35. The van der Waals surface area contributed by atoms with Crippen molar-refractivity contribution in [2.75, 3.05) is 0 Å². The predicted octanol–water partition coefficient (Wildman–Crippen LogP) is 3.80. The molecule has 0 N–H and O–H groups in total. The Morgan fingerprint density at radius 3 is 2.88 bits per heavy atom. The fourth-order valence-corrected chi connectivity index (χ4v) is 2.11. The summed E-state index contributed by atoms with van der Waals surface area (Å²) in [5, 5.41) is 0. The number of hydrogen-bond donors (Lipinski definition) is 0. The van der Waals surface area contributed by atoms with Crippen molar-refractivity contribution in [2.45, 2.75) is 6.92 Å². The number of fused-ring (bicyclic) bond motifs is 3. The summed E-state index contributed by atoms with van der Waals surface area (Å²) >= 11 is 0. The topological polar surface area (TPSA) is 12.4 Å². The molecule has 0 amide bonds. The first-order valence-corrected chi connectivity index (χ1v) is 5.13. The van der Waals surface area contributed by atoms with Crippen LogP contribution in [0.5, 0.6) is 0 Å². The third-order valence-corrected chi connectivity index (χ3v) is 2.93. The van der Waals surface area contributed by atoms with E-state index in [1.807, 2.05) is 6.92 Å². The maximum Gasteiger partial charge on any atom is 0.132 e. The molecular weight excluding hydrogens is 208 g/mol. The molecule has 2 aliphatic rings. The van der Waals surface area contributed by atoms with Gasteiger partial charge in [-0.25, -0.2) is 8.78 Å². The minimum Gasteiger partial charge on any atom is -0.251 e. The van der Waals surface area contributed by atoms with Crippen molar-refractivity contribution in [1.82, 2.24) is 0 Å². The van der Waals surface area contributed by atoms with Gasteiger partial charge in [0.05, 0.1) is 11.4 Å².